The smallest absolute Gasteiger partial charge is 0.261 e. The molecule has 2 heterocycles. The standard InChI is InChI=1S/C23H28N2O3/c1-2-3-9-18-14-25(15-21(28-18)17-10-11-17)23(27)19-12-13-20(24-22(19)26)16-7-5-4-6-8-16/h4-8,12-13,17-18,21H,2-3,9-11,14-15H2,1H3,(H,24,26)/t18-,21-/m1/s1. The number of ether oxygens (including phenoxy) is 1. The Morgan fingerprint density at radius 2 is 1.93 bits per heavy atom. The molecule has 1 saturated heterocycles. The lowest BCUT2D eigenvalue weighted by Crippen LogP contribution is -2.51. The summed E-state index contributed by atoms with van der Waals surface area (Å²) in [6, 6.07) is 13.1. The molecule has 1 aliphatic carbocycles. The Morgan fingerprint density at radius 3 is 2.61 bits per heavy atom. The van der Waals surface area contributed by atoms with E-state index in [0.29, 0.717) is 19.0 Å². The van der Waals surface area contributed by atoms with Crippen molar-refractivity contribution in [1.29, 1.82) is 0 Å². The van der Waals surface area contributed by atoms with E-state index in [-0.39, 0.29) is 29.2 Å². The maximum absolute atomic E-state index is 13.1. The molecule has 2 aromatic rings. The zero-order valence-corrected chi connectivity index (χ0v) is 16.4. The average molecular weight is 380 g/mol. The van der Waals surface area contributed by atoms with E-state index in [2.05, 4.69) is 11.9 Å². The summed E-state index contributed by atoms with van der Waals surface area (Å²) in [5.74, 6) is 0.384. The van der Waals surface area contributed by atoms with Gasteiger partial charge in [0.05, 0.1) is 12.2 Å². The number of carbonyl (C=O) groups excluding carboxylic acids is 1. The van der Waals surface area contributed by atoms with Gasteiger partial charge in [-0.2, -0.15) is 0 Å². The van der Waals surface area contributed by atoms with Gasteiger partial charge in [-0.15, -0.1) is 0 Å². The first-order chi connectivity index (χ1) is 13.7. The Bertz CT molecular complexity index is 873. The number of hydrogen-bond donors (Lipinski definition) is 1. The molecule has 5 nitrogen and oxygen atoms in total. The average Bonchev–Trinajstić information content (AvgIpc) is 3.57. The third-order valence-electron chi connectivity index (χ3n) is 5.73. The largest absolute Gasteiger partial charge is 0.371 e. The molecule has 148 valence electrons. The van der Waals surface area contributed by atoms with Gasteiger partial charge in [0.2, 0.25) is 0 Å². The molecule has 2 fully saturated rings. The minimum Gasteiger partial charge on any atom is -0.371 e. The van der Waals surface area contributed by atoms with Gasteiger partial charge < -0.3 is 14.6 Å². The van der Waals surface area contributed by atoms with Crippen molar-refractivity contribution in [2.24, 2.45) is 5.92 Å². The van der Waals surface area contributed by atoms with Gasteiger partial charge in [0.15, 0.2) is 0 Å². The van der Waals surface area contributed by atoms with Gasteiger partial charge in [-0.05, 0) is 42.9 Å². The highest BCUT2D eigenvalue weighted by atomic mass is 16.5. The zero-order valence-electron chi connectivity index (χ0n) is 16.4. The van der Waals surface area contributed by atoms with Gasteiger partial charge in [-0.25, -0.2) is 0 Å². The second-order valence-corrected chi connectivity index (χ2v) is 7.97. The fourth-order valence-corrected chi connectivity index (χ4v) is 3.95. The highest BCUT2D eigenvalue weighted by Crippen LogP contribution is 2.37. The van der Waals surface area contributed by atoms with Crippen molar-refractivity contribution < 1.29 is 9.53 Å². The maximum atomic E-state index is 13.1. The summed E-state index contributed by atoms with van der Waals surface area (Å²) in [6.45, 7) is 3.33. The summed E-state index contributed by atoms with van der Waals surface area (Å²) < 4.78 is 6.26. The predicted octanol–water partition coefficient (Wildman–Crippen LogP) is 3.85. The Hall–Kier alpha value is -2.40. The van der Waals surface area contributed by atoms with Crippen LogP contribution in [-0.4, -0.2) is 41.1 Å². The highest BCUT2D eigenvalue weighted by molar-refractivity contribution is 5.94. The number of H-pyrrole nitrogens is 1. The van der Waals surface area contributed by atoms with Crippen LogP contribution in [0.15, 0.2) is 47.3 Å². The van der Waals surface area contributed by atoms with E-state index < -0.39 is 0 Å². The predicted molar refractivity (Wildman–Crippen MR) is 109 cm³/mol. The van der Waals surface area contributed by atoms with Crippen LogP contribution >= 0.6 is 0 Å². The van der Waals surface area contributed by atoms with Crippen LogP contribution in [0.25, 0.3) is 11.3 Å². The van der Waals surface area contributed by atoms with E-state index in [9.17, 15) is 9.59 Å². The molecule has 28 heavy (non-hydrogen) atoms. The third kappa shape index (κ3) is 4.20. The molecule has 1 aromatic carbocycles. The van der Waals surface area contributed by atoms with E-state index in [1.807, 2.05) is 41.3 Å². The number of aromatic nitrogens is 1. The number of amides is 1. The SMILES string of the molecule is CCCC[C@@H]1CN(C(=O)c2ccc(-c3ccccc3)[nH]c2=O)C[C@H](C2CC2)O1. The fraction of sp³-hybridized carbons (Fsp3) is 0.478. The molecule has 0 bridgehead atoms. The molecule has 0 spiro atoms. The van der Waals surface area contributed by atoms with Gasteiger partial charge in [0.25, 0.3) is 11.5 Å². The quantitative estimate of drug-likeness (QED) is 0.828. The summed E-state index contributed by atoms with van der Waals surface area (Å²) >= 11 is 0. The minimum atomic E-state index is -0.328. The summed E-state index contributed by atoms with van der Waals surface area (Å²) in [4.78, 5) is 30.5. The van der Waals surface area contributed by atoms with Crippen LogP contribution in [0.5, 0.6) is 0 Å². The number of nitrogens with zero attached hydrogens (tertiary/aromatic N) is 1. The molecule has 1 N–H and O–H groups in total. The Morgan fingerprint density at radius 1 is 1.14 bits per heavy atom. The number of rotatable bonds is 6. The van der Waals surface area contributed by atoms with Crippen LogP contribution in [0.2, 0.25) is 0 Å². The normalized spacial score (nSPS) is 22.2. The molecular formula is C23H28N2O3. The monoisotopic (exact) mass is 380 g/mol. The van der Waals surface area contributed by atoms with Gasteiger partial charge >= 0.3 is 0 Å². The van der Waals surface area contributed by atoms with E-state index in [4.69, 9.17) is 4.74 Å². The van der Waals surface area contributed by atoms with Gasteiger partial charge in [-0.1, -0.05) is 50.1 Å². The van der Waals surface area contributed by atoms with Crippen LogP contribution in [0.3, 0.4) is 0 Å². The van der Waals surface area contributed by atoms with Gasteiger partial charge in [-0.3, -0.25) is 9.59 Å². The van der Waals surface area contributed by atoms with Crippen molar-refractivity contribution in [2.45, 2.75) is 51.2 Å². The van der Waals surface area contributed by atoms with E-state index in [0.717, 1.165) is 30.5 Å². The van der Waals surface area contributed by atoms with Crippen molar-refractivity contribution in [2.75, 3.05) is 13.1 Å². The minimum absolute atomic E-state index is 0.0749. The molecule has 2 atom stereocenters. The Kier molecular flexibility index (Phi) is 5.62. The van der Waals surface area contributed by atoms with Crippen molar-refractivity contribution in [3.05, 3.63) is 58.4 Å². The van der Waals surface area contributed by atoms with Crippen molar-refractivity contribution in [3.8, 4) is 11.3 Å². The van der Waals surface area contributed by atoms with Crippen LogP contribution in [-0.2, 0) is 4.74 Å². The van der Waals surface area contributed by atoms with Crippen molar-refractivity contribution >= 4 is 5.91 Å². The van der Waals surface area contributed by atoms with E-state index in [1.165, 1.54) is 12.8 Å². The molecule has 2 aliphatic rings. The van der Waals surface area contributed by atoms with E-state index in [1.54, 1.807) is 6.07 Å². The van der Waals surface area contributed by atoms with Gasteiger partial charge in [0.1, 0.15) is 5.56 Å². The van der Waals surface area contributed by atoms with Crippen LogP contribution < -0.4 is 5.56 Å². The van der Waals surface area contributed by atoms with Gasteiger partial charge in [0, 0.05) is 18.8 Å². The molecule has 1 saturated carbocycles. The number of pyridine rings is 1. The van der Waals surface area contributed by atoms with Crippen molar-refractivity contribution in [1.82, 2.24) is 9.88 Å². The molecule has 4 rings (SSSR count). The van der Waals surface area contributed by atoms with E-state index >= 15 is 0 Å². The number of nitrogens with one attached hydrogen (secondary N) is 1. The fourth-order valence-electron chi connectivity index (χ4n) is 3.95. The second kappa shape index (κ2) is 8.31. The van der Waals surface area contributed by atoms with Crippen LogP contribution in [0, 0.1) is 5.92 Å². The molecule has 1 amide bonds. The molecular weight excluding hydrogens is 352 g/mol. The van der Waals surface area contributed by atoms with Crippen molar-refractivity contribution in [3.63, 3.8) is 0 Å². The third-order valence-corrected chi connectivity index (χ3v) is 5.73. The Balaban J connectivity index is 1.53. The first-order valence-electron chi connectivity index (χ1n) is 10.4. The second-order valence-electron chi connectivity index (χ2n) is 7.97. The topological polar surface area (TPSA) is 62.4 Å². The number of morpholine rings is 1. The first kappa shape index (κ1) is 18.9. The summed E-state index contributed by atoms with van der Waals surface area (Å²) in [5, 5.41) is 0. The molecule has 0 radical (unpaired) electrons. The number of aromatic amines is 1. The first-order valence-corrected chi connectivity index (χ1v) is 10.4. The lowest BCUT2D eigenvalue weighted by atomic mass is 10.1. The summed E-state index contributed by atoms with van der Waals surface area (Å²) in [7, 11) is 0. The number of carbonyl (C=O) groups is 1. The maximum Gasteiger partial charge on any atom is 0.261 e. The summed E-state index contributed by atoms with van der Waals surface area (Å²) in [6.07, 6.45) is 5.72. The summed E-state index contributed by atoms with van der Waals surface area (Å²) in [5.41, 5.74) is 1.54. The molecule has 5 heteroatoms. The number of unbranched alkanes of at least 4 members (excludes halogenated alkanes) is 1. The number of benzene rings is 1. The lowest BCUT2D eigenvalue weighted by Gasteiger charge is -2.38. The number of hydrogen-bond acceptors (Lipinski definition) is 3. The Labute approximate surface area is 165 Å². The highest BCUT2D eigenvalue weighted by Gasteiger charge is 2.39. The lowest BCUT2D eigenvalue weighted by molar-refractivity contribution is -0.0874. The zero-order chi connectivity index (χ0) is 19.5. The van der Waals surface area contributed by atoms with Crippen LogP contribution in [0.4, 0.5) is 0 Å². The molecule has 1 aromatic heterocycles. The molecule has 0 unspecified atom stereocenters. The molecule has 1 aliphatic heterocycles. The van der Waals surface area contributed by atoms with Crippen LogP contribution in [0.1, 0.15) is 49.4 Å².